The number of primary amides is 1. The highest BCUT2D eigenvalue weighted by atomic mass is 19.4. The predicted octanol–water partition coefficient (Wildman–Crippen LogP) is 5.45. The number of carbonyl (C=O) groups excluding carboxylic acids is 1. The maximum atomic E-state index is 13.4. The molecular formula is C20H20F3NO. The third-order valence-corrected chi connectivity index (χ3v) is 3.28. The molecule has 0 atom stereocenters. The van der Waals surface area contributed by atoms with Gasteiger partial charge in [-0.3, -0.25) is 4.79 Å². The molecule has 2 nitrogen and oxygen atoms in total. The van der Waals surface area contributed by atoms with Gasteiger partial charge < -0.3 is 5.73 Å². The van der Waals surface area contributed by atoms with Gasteiger partial charge in [0.2, 0.25) is 5.91 Å². The van der Waals surface area contributed by atoms with E-state index in [2.05, 4.69) is 13.2 Å². The van der Waals surface area contributed by atoms with Gasteiger partial charge in [-0.1, -0.05) is 48.6 Å². The molecule has 0 bridgehead atoms. The first-order valence-electron chi connectivity index (χ1n) is 7.57. The second-order valence-electron chi connectivity index (χ2n) is 5.11. The van der Waals surface area contributed by atoms with Crippen LogP contribution in [0.5, 0.6) is 0 Å². The fourth-order valence-corrected chi connectivity index (χ4v) is 2.24. The molecule has 5 heteroatoms. The van der Waals surface area contributed by atoms with Crippen molar-refractivity contribution in [2.75, 3.05) is 0 Å². The Labute approximate surface area is 145 Å². The Hall–Kier alpha value is -2.82. The standard InChI is InChI=1S/C20H20F3NO/c1-3-5-6-7-8-9-12-15(11-4-2)18-16(19(24)25)13-10-14-17(18)20(21,22)23/h3-4,6-10,12-14H,1-2,5,11H2,(H2,24,25)/b7-6+,9-8+,15-12-. The number of halogens is 3. The number of hydrogen-bond acceptors (Lipinski definition) is 1. The predicted molar refractivity (Wildman–Crippen MR) is 95.8 cm³/mol. The summed E-state index contributed by atoms with van der Waals surface area (Å²) in [5.41, 5.74) is 4.31. The molecule has 0 aliphatic carbocycles. The molecule has 0 aliphatic rings. The van der Waals surface area contributed by atoms with Crippen LogP contribution in [0, 0.1) is 0 Å². The molecule has 0 fully saturated rings. The number of rotatable bonds is 8. The molecule has 0 spiro atoms. The van der Waals surface area contributed by atoms with Gasteiger partial charge >= 0.3 is 6.18 Å². The Bertz CT molecular complexity index is 725. The van der Waals surface area contributed by atoms with Gasteiger partial charge in [0, 0.05) is 11.1 Å². The van der Waals surface area contributed by atoms with Crippen molar-refractivity contribution in [3.63, 3.8) is 0 Å². The van der Waals surface area contributed by atoms with Crippen molar-refractivity contribution in [1.82, 2.24) is 0 Å². The lowest BCUT2D eigenvalue weighted by Crippen LogP contribution is -2.18. The van der Waals surface area contributed by atoms with Gasteiger partial charge in [-0.2, -0.15) is 13.2 Å². The van der Waals surface area contributed by atoms with Gasteiger partial charge in [0.05, 0.1) is 5.56 Å². The van der Waals surface area contributed by atoms with Crippen LogP contribution >= 0.6 is 0 Å². The normalized spacial score (nSPS) is 12.7. The first-order valence-corrected chi connectivity index (χ1v) is 7.57. The number of alkyl halides is 3. The lowest BCUT2D eigenvalue weighted by Gasteiger charge is -2.17. The Morgan fingerprint density at radius 3 is 2.40 bits per heavy atom. The van der Waals surface area contributed by atoms with Crippen molar-refractivity contribution in [1.29, 1.82) is 0 Å². The molecule has 25 heavy (non-hydrogen) atoms. The fourth-order valence-electron chi connectivity index (χ4n) is 2.24. The van der Waals surface area contributed by atoms with Crippen molar-refractivity contribution < 1.29 is 18.0 Å². The fraction of sp³-hybridized carbons (Fsp3) is 0.150. The molecule has 0 aliphatic heterocycles. The Morgan fingerprint density at radius 2 is 1.84 bits per heavy atom. The van der Waals surface area contributed by atoms with Crippen LogP contribution in [-0.2, 0) is 6.18 Å². The second-order valence-corrected chi connectivity index (χ2v) is 5.11. The summed E-state index contributed by atoms with van der Waals surface area (Å²) < 4.78 is 40.1. The van der Waals surface area contributed by atoms with Crippen LogP contribution in [0.15, 0.2) is 73.9 Å². The highest BCUT2D eigenvalue weighted by molar-refractivity contribution is 5.99. The summed E-state index contributed by atoms with van der Waals surface area (Å²) in [4.78, 5) is 11.6. The van der Waals surface area contributed by atoms with Gasteiger partial charge in [0.1, 0.15) is 0 Å². The summed E-state index contributed by atoms with van der Waals surface area (Å²) in [6, 6.07) is 3.40. The van der Waals surface area contributed by atoms with E-state index in [-0.39, 0.29) is 17.5 Å². The maximum Gasteiger partial charge on any atom is 0.417 e. The molecule has 0 aromatic heterocycles. The van der Waals surface area contributed by atoms with Crippen LogP contribution in [0.3, 0.4) is 0 Å². The Morgan fingerprint density at radius 1 is 1.12 bits per heavy atom. The minimum absolute atomic E-state index is 0.161. The van der Waals surface area contributed by atoms with Crippen molar-refractivity contribution >= 4 is 11.5 Å². The summed E-state index contributed by atoms with van der Waals surface area (Å²) in [5.74, 6) is -0.911. The smallest absolute Gasteiger partial charge is 0.366 e. The molecule has 0 heterocycles. The molecule has 0 saturated carbocycles. The van der Waals surface area contributed by atoms with Crippen molar-refractivity contribution in [3.05, 3.63) is 90.6 Å². The quantitative estimate of drug-likeness (QED) is 0.493. The van der Waals surface area contributed by atoms with E-state index < -0.39 is 17.6 Å². The summed E-state index contributed by atoms with van der Waals surface area (Å²) in [5, 5.41) is 0. The van der Waals surface area contributed by atoms with Crippen molar-refractivity contribution in [3.8, 4) is 0 Å². The zero-order valence-electron chi connectivity index (χ0n) is 13.7. The van der Waals surface area contributed by atoms with E-state index in [0.29, 0.717) is 12.0 Å². The minimum Gasteiger partial charge on any atom is -0.366 e. The van der Waals surface area contributed by atoms with E-state index in [9.17, 15) is 18.0 Å². The highest BCUT2D eigenvalue weighted by Crippen LogP contribution is 2.37. The van der Waals surface area contributed by atoms with Crippen LogP contribution in [0.1, 0.15) is 34.3 Å². The number of benzene rings is 1. The molecule has 132 valence electrons. The van der Waals surface area contributed by atoms with E-state index in [4.69, 9.17) is 5.73 Å². The van der Waals surface area contributed by atoms with Crippen LogP contribution in [0.25, 0.3) is 5.57 Å². The van der Waals surface area contributed by atoms with Crippen LogP contribution in [0.4, 0.5) is 13.2 Å². The summed E-state index contributed by atoms with van der Waals surface area (Å²) >= 11 is 0. The molecule has 0 unspecified atom stereocenters. The SMILES string of the molecule is C=CC/C=C/C=C/C=C(/CC=C)c1c(C(N)=O)cccc1C(F)(F)F. The first-order chi connectivity index (χ1) is 11.8. The van der Waals surface area contributed by atoms with E-state index in [1.54, 1.807) is 24.3 Å². The largest absolute Gasteiger partial charge is 0.417 e. The number of amides is 1. The van der Waals surface area contributed by atoms with Gasteiger partial charge in [0.25, 0.3) is 0 Å². The molecule has 1 rings (SSSR count). The number of hydrogen-bond donors (Lipinski definition) is 1. The monoisotopic (exact) mass is 347 g/mol. The van der Waals surface area contributed by atoms with Gasteiger partial charge in [-0.15, -0.1) is 13.2 Å². The molecule has 1 aromatic rings. The first kappa shape index (κ1) is 20.2. The van der Waals surface area contributed by atoms with Crippen LogP contribution in [0.2, 0.25) is 0 Å². The summed E-state index contributed by atoms with van der Waals surface area (Å²) in [6.07, 6.45) is 7.88. The zero-order valence-corrected chi connectivity index (χ0v) is 13.7. The number of nitrogens with two attached hydrogens (primary N) is 1. The third kappa shape index (κ3) is 5.95. The van der Waals surface area contributed by atoms with E-state index in [1.165, 1.54) is 24.3 Å². The summed E-state index contributed by atoms with van der Waals surface area (Å²) in [6.45, 7) is 7.15. The Balaban J connectivity index is 3.46. The minimum atomic E-state index is -4.60. The van der Waals surface area contributed by atoms with Gasteiger partial charge in [-0.05, 0) is 30.5 Å². The number of carbonyl (C=O) groups is 1. The van der Waals surface area contributed by atoms with E-state index >= 15 is 0 Å². The van der Waals surface area contributed by atoms with Crippen LogP contribution in [-0.4, -0.2) is 5.91 Å². The third-order valence-electron chi connectivity index (χ3n) is 3.28. The molecule has 0 radical (unpaired) electrons. The molecule has 1 aromatic carbocycles. The van der Waals surface area contributed by atoms with Crippen molar-refractivity contribution in [2.45, 2.75) is 19.0 Å². The second kappa shape index (κ2) is 9.47. The van der Waals surface area contributed by atoms with E-state index in [0.717, 1.165) is 6.07 Å². The van der Waals surface area contributed by atoms with Gasteiger partial charge in [0.15, 0.2) is 0 Å². The lowest BCUT2D eigenvalue weighted by molar-refractivity contribution is -0.137. The average molecular weight is 347 g/mol. The van der Waals surface area contributed by atoms with Crippen molar-refractivity contribution in [2.24, 2.45) is 5.73 Å². The zero-order chi connectivity index (χ0) is 18.9. The molecular weight excluding hydrogens is 327 g/mol. The highest BCUT2D eigenvalue weighted by Gasteiger charge is 2.35. The maximum absolute atomic E-state index is 13.4. The topological polar surface area (TPSA) is 43.1 Å². The number of allylic oxidation sites excluding steroid dienone is 8. The average Bonchev–Trinajstić information content (AvgIpc) is 2.55. The molecule has 0 saturated heterocycles. The van der Waals surface area contributed by atoms with E-state index in [1.807, 2.05) is 6.08 Å². The summed E-state index contributed by atoms with van der Waals surface area (Å²) in [7, 11) is 0. The van der Waals surface area contributed by atoms with Crippen LogP contribution < -0.4 is 5.73 Å². The van der Waals surface area contributed by atoms with Gasteiger partial charge in [-0.25, -0.2) is 0 Å². The lowest BCUT2D eigenvalue weighted by atomic mass is 9.91. The molecule has 1 amide bonds. The molecule has 2 N–H and O–H groups in total. The Kier molecular flexibility index (Phi) is 7.66.